The van der Waals surface area contributed by atoms with Crippen molar-refractivity contribution in [3.05, 3.63) is 17.7 Å². The molecule has 1 rings (SSSR count). The fraction of sp³-hybridized carbons (Fsp3) is 0.273. The van der Waals surface area contributed by atoms with Gasteiger partial charge in [0.25, 0.3) is 0 Å². The Balaban J connectivity index is 3.06. The minimum Gasteiger partial charge on any atom is -0.504 e. The molecule has 16 heavy (non-hydrogen) atoms. The summed E-state index contributed by atoms with van der Waals surface area (Å²) in [6.45, 7) is 2.42. The number of phenols is 2. The van der Waals surface area contributed by atoms with Gasteiger partial charge in [0.1, 0.15) is 6.61 Å². The Kier molecular flexibility index (Phi) is 3.50. The van der Waals surface area contributed by atoms with Crippen LogP contribution in [0.4, 0.5) is 0 Å². The zero-order valence-corrected chi connectivity index (χ0v) is 8.98. The van der Waals surface area contributed by atoms with E-state index in [1.165, 1.54) is 19.9 Å². The molecule has 0 aliphatic carbocycles. The fourth-order valence-electron chi connectivity index (χ4n) is 1.09. The number of aromatic hydroxyl groups is 2. The molecule has 0 spiro atoms. The molecule has 1 aromatic rings. The van der Waals surface area contributed by atoms with E-state index in [4.69, 9.17) is 4.74 Å². The van der Waals surface area contributed by atoms with Gasteiger partial charge in [-0.2, -0.15) is 0 Å². The van der Waals surface area contributed by atoms with Crippen molar-refractivity contribution in [3.63, 3.8) is 0 Å². The Morgan fingerprint density at radius 2 is 1.88 bits per heavy atom. The molecular weight excluding hydrogens is 212 g/mol. The normalized spacial score (nSPS) is 9.88. The predicted molar refractivity (Wildman–Crippen MR) is 56.0 cm³/mol. The van der Waals surface area contributed by atoms with Gasteiger partial charge in [0.2, 0.25) is 5.75 Å². The highest BCUT2D eigenvalue weighted by atomic mass is 16.5. The molecule has 2 N–H and O–H groups in total. The van der Waals surface area contributed by atoms with Crippen LogP contribution in [0.15, 0.2) is 12.1 Å². The largest absolute Gasteiger partial charge is 0.504 e. The Morgan fingerprint density at radius 1 is 1.25 bits per heavy atom. The fourth-order valence-corrected chi connectivity index (χ4v) is 1.09. The zero-order valence-electron chi connectivity index (χ0n) is 8.98. The van der Waals surface area contributed by atoms with Crippen LogP contribution in [0, 0.1) is 0 Å². The van der Waals surface area contributed by atoms with E-state index in [1.54, 1.807) is 0 Å². The molecule has 0 aliphatic heterocycles. The summed E-state index contributed by atoms with van der Waals surface area (Å²) >= 11 is 0. The molecule has 0 unspecified atom stereocenters. The second-order valence-corrected chi connectivity index (χ2v) is 3.39. The molecule has 86 valence electrons. The average molecular weight is 224 g/mol. The molecule has 0 bridgehead atoms. The maximum atomic E-state index is 11.1. The van der Waals surface area contributed by atoms with E-state index in [0.717, 1.165) is 6.07 Å². The molecule has 0 amide bonds. The first-order valence-corrected chi connectivity index (χ1v) is 4.61. The summed E-state index contributed by atoms with van der Waals surface area (Å²) < 4.78 is 4.96. The molecule has 0 fully saturated rings. The van der Waals surface area contributed by atoms with Crippen LogP contribution < -0.4 is 4.74 Å². The van der Waals surface area contributed by atoms with Crippen LogP contribution in [0.2, 0.25) is 0 Å². The van der Waals surface area contributed by atoms with E-state index < -0.39 is 11.5 Å². The van der Waals surface area contributed by atoms with Crippen LogP contribution in [-0.2, 0) is 4.79 Å². The number of rotatable bonds is 4. The number of carbonyl (C=O) groups is 2. The molecule has 5 nitrogen and oxygen atoms in total. The maximum Gasteiger partial charge on any atom is 0.200 e. The molecule has 0 aliphatic rings. The summed E-state index contributed by atoms with van der Waals surface area (Å²) in [5, 5.41) is 18.7. The number of benzene rings is 1. The van der Waals surface area contributed by atoms with Gasteiger partial charge in [-0.1, -0.05) is 0 Å². The second-order valence-electron chi connectivity index (χ2n) is 3.39. The Labute approximate surface area is 92.3 Å². The van der Waals surface area contributed by atoms with Crippen LogP contribution in [0.1, 0.15) is 24.2 Å². The van der Waals surface area contributed by atoms with E-state index in [-0.39, 0.29) is 29.5 Å². The van der Waals surface area contributed by atoms with E-state index >= 15 is 0 Å². The van der Waals surface area contributed by atoms with Crippen molar-refractivity contribution in [3.8, 4) is 17.2 Å². The number of ether oxygens (including phenoxy) is 1. The lowest BCUT2D eigenvalue weighted by Gasteiger charge is -2.09. The molecule has 0 saturated carbocycles. The van der Waals surface area contributed by atoms with Crippen LogP contribution >= 0.6 is 0 Å². The predicted octanol–water partition coefficient (Wildman–Crippen LogP) is 1.27. The first-order valence-electron chi connectivity index (χ1n) is 4.61. The Bertz CT molecular complexity index is 436. The first kappa shape index (κ1) is 12.0. The highest BCUT2D eigenvalue weighted by Gasteiger charge is 2.13. The summed E-state index contributed by atoms with van der Waals surface area (Å²) in [6.07, 6.45) is 0. The molecule has 0 saturated heterocycles. The number of phenolic OH excluding ortho intramolecular Hbond substituents is 2. The molecule has 0 radical (unpaired) electrons. The monoisotopic (exact) mass is 224 g/mol. The van der Waals surface area contributed by atoms with Gasteiger partial charge in [0.05, 0.1) is 0 Å². The van der Waals surface area contributed by atoms with Gasteiger partial charge in [-0.15, -0.1) is 0 Å². The summed E-state index contributed by atoms with van der Waals surface area (Å²) in [7, 11) is 0. The van der Waals surface area contributed by atoms with Gasteiger partial charge in [-0.05, 0) is 26.0 Å². The molecule has 0 heterocycles. The van der Waals surface area contributed by atoms with Gasteiger partial charge < -0.3 is 14.9 Å². The third-order valence-corrected chi connectivity index (χ3v) is 1.89. The molecule has 5 heteroatoms. The Morgan fingerprint density at radius 3 is 2.38 bits per heavy atom. The van der Waals surface area contributed by atoms with Gasteiger partial charge in [-0.3, -0.25) is 9.59 Å². The van der Waals surface area contributed by atoms with Crippen LogP contribution in [0.5, 0.6) is 17.2 Å². The lowest BCUT2D eigenvalue weighted by molar-refractivity contribution is -0.118. The van der Waals surface area contributed by atoms with Gasteiger partial charge in [-0.25, -0.2) is 0 Å². The standard InChI is InChI=1S/C11H12O5/c1-6(12)5-16-10-4-8(7(2)13)3-9(14)11(10)15/h3-4,14-15H,5H2,1-2H3. The summed E-state index contributed by atoms with van der Waals surface area (Å²) in [5.41, 5.74) is 0.203. The summed E-state index contributed by atoms with van der Waals surface area (Å²) in [5.74, 6) is -1.52. The SMILES string of the molecule is CC(=O)COc1cc(C(C)=O)cc(O)c1O. The van der Waals surface area contributed by atoms with Crippen molar-refractivity contribution >= 4 is 11.6 Å². The van der Waals surface area contributed by atoms with Crippen molar-refractivity contribution in [1.29, 1.82) is 0 Å². The van der Waals surface area contributed by atoms with Crippen LogP contribution in [0.3, 0.4) is 0 Å². The lowest BCUT2D eigenvalue weighted by Crippen LogP contribution is -2.07. The third kappa shape index (κ3) is 2.73. The van der Waals surface area contributed by atoms with Crippen molar-refractivity contribution in [2.24, 2.45) is 0 Å². The summed E-state index contributed by atoms with van der Waals surface area (Å²) in [4.78, 5) is 21.8. The molecule has 0 atom stereocenters. The van der Waals surface area contributed by atoms with Crippen LogP contribution in [0.25, 0.3) is 0 Å². The number of carbonyl (C=O) groups excluding carboxylic acids is 2. The Hall–Kier alpha value is -2.04. The summed E-state index contributed by atoms with van der Waals surface area (Å²) in [6, 6.07) is 2.42. The van der Waals surface area contributed by atoms with E-state index in [0.29, 0.717) is 0 Å². The number of hydrogen-bond acceptors (Lipinski definition) is 5. The minimum absolute atomic E-state index is 0.0830. The van der Waals surface area contributed by atoms with Gasteiger partial charge in [0.15, 0.2) is 23.1 Å². The molecule has 1 aromatic carbocycles. The second kappa shape index (κ2) is 4.65. The third-order valence-electron chi connectivity index (χ3n) is 1.89. The quantitative estimate of drug-likeness (QED) is 0.594. The zero-order chi connectivity index (χ0) is 12.3. The highest BCUT2D eigenvalue weighted by molar-refractivity contribution is 5.95. The number of ketones is 2. The van der Waals surface area contributed by atoms with Crippen molar-refractivity contribution < 1.29 is 24.5 Å². The van der Waals surface area contributed by atoms with Crippen LogP contribution in [-0.4, -0.2) is 28.4 Å². The molecular formula is C11H12O5. The van der Waals surface area contributed by atoms with Gasteiger partial charge in [0, 0.05) is 5.56 Å². The minimum atomic E-state index is -0.480. The topological polar surface area (TPSA) is 83.8 Å². The number of hydrogen-bond donors (Lipinski definition) is 2. The molecule has 0 aromatic heterocycles. The van der Waals surface area contributed by atoms with Crippen molar-refractivity contribution in [1.82, 2.24) is 0 Å². The maximum absolute atomic E-state index is 11.1. The highest BCUT2D eigenvalue weighted by Crippen LogP contribution is 2.36. The van der Waals surface area contributed by atoms with Gasteiger partial charge >= 0.3 is 0 Å². The first-order chi connectivity index (χ1) is 7.41. The van der Waals surface area contributed by atoms with Crippen molar-refractivity contribution in [2.75, 3.05) is 6.61 Å². The average Bonchev–Trinajstić information content (AvgIpc) is 2.19. The lowest BCUT2D eigenvalue weighted by atomic mass is 10.1. The van der Waals surface area contributed by atoms with E-state index in [9.17, 15) is 19.8 Å². The van der Waals surface area contributed by atoms with E-state index in [2.05, 4.69) is 0 Å². The van der Waals surface area contributed by atoms with E-state index in [1.807, 2.05) is 0 Å². The number of Topliss-reactive ketones (excluding diaryl/α,β-unsaturated/α-hetero) is 2. The smallest absolute Gasteiger partial charge is 0.200 e. The van der Waals surface area contributed by atoms with Crippen molar-refractivity contribution in [2.45, 2.75) is 13.8 Å².